The zero-order chi connectivity index (χ0) is 13.0. The molecule has 0 aliphatic rings. The van der Waals surface area contributed by atoms with Crippen molar-refractivity contribution < 1.29 is 15.0 Å². The number of thiophene rings is 1. The van der Waals surface area contributed by atoms with Gasteiger partial charge in [0.15, 0.2) is 0 Å². The van der Waals surface area contributed by atoms with Crippen molar-refractivity contribution in [1.29, 1.82) is 0 Å². The monoisotopic (exact) mass is 263 g/mol. The number of amides is 1. The van der Waals surface area contributed by atoms with Gasteiger partial charge in [0, 0.05) is 23.1 Å². The molecule has 1 aromatic carbocycles. The molecule has 3 N–H and O–H groups in total. The largest absolute Gasteiger partial charge is 0.508 e. The van der Waals surface area contributed by atoms with E-state index in [9.17, 15) is 15.0 Å². The van der Waals surface area contributed by atoms with E-state index in [-0.39, 0.29) is 23.0 Å². The smallest absolute Gasteiger partial charge is 0.251 e. The van der Waals surface area contributed by atoms with Crippen molar-refractivity contribution >= 4 is 17.2 Å². The van der Waals surface area contributed by atoms with E-state index in [4.69, 9.17) is 0 Å². The van der Waals surface area contributed by atoms with Gasteiger partial charge in [0.2, 0.25) is 0 Å². The molecule has 0 radical (unpaired) electrons. The number of benzene rings is 1. The predicted molar refractivity (Wildman–Crippen MR) is 70.1 cm³/mol. The van der Waals surface area contributed by atoms with Crippen molar-refractivity contribution in [3.05, 3.63) is 46.2 Å². The Kier molecular flexibility index (Phi) is 3.84. The summed E-state index contributed by atoms with van der Waals surface area (Å²) in [5.41, 5.74) is 0.249. The highest BCUT2D eigenvalue weighted by Gasteiger charge is 2.07. The fourth-order valence-electron chi connectivity index (χ4n) is 1.58. The van der Waals surface area contributed by atoms with Crippen molar-refractivity contribution in [2.45, 2.75) is 6.42 Å². The van der Waals surface area contributed by atoms with Crippen LogP contribution in [0.2, 0.25) is 0 Å². The highest BCUT2D eigenvalue weighted by molar-refractivity contribution is 7.09. The maximum Gasteiger partial charge on any atom is 0.251 e. The number of rotatable bonds is 4. The third-order valence-corrected chi connectivity index (χ3v) is 3.34. The lowest BCUT2D eigenvalue weighted by molar-refractivity contribution is 0.0953. The van der Waals surface area contributed by atoms with Crippen LogP contribution in [0.3, 0.4) is 0 Å². The molecule has 0 saturated heterocycles. The van der Waals surface area contributed by atoms with E-state index in [0.29, 0.717) is 6.54 Å². The highest BCUT2D eigenvalue weighted by atomic mass is 32.1. The molecule has 0 fully saturated rings. The molecule has 2 aromatic rings. The maximum atomic E-state index is 11.7. The summed E-state index contributed by atoms with van der Waals surface area (Å²) in [6.07, 6.45) is 0.772. The minimum Gasteiger partial charge on any atom is -0.508 e. The van der Waals surface area contributed by atoms with Crippen LogP contribution in [-0.4, -0.2) is 22.7 Å². The van der Waals surface area contributed by atoms with Crippen LogP contribution in [0.15, 0.2) is 35.7 Å². The Morgan fingerprint density at radius 2 is 1.94 bits per heavy atom. The van der Waals surface area contributed by atoms with Gasteiger partial charge in [0.25, 0.3) is 5.91 Å². The Morgan fingerprint density at radius 3 is 2.56 bits per heavy atom. The van der Waals surface area contributed by atoms with Crippen LogP contribution < -0.4 is 5.32 Å². The van der Waals surface area contributed by atoms with E-state index in [2.05, 4.69) is 5.32 Å². The molecule has 18 heavy (non-hydrogen) atoms. The van der Waals surface area contributed by atoms with Crippen molar-refractivity contribution in [2.24, 2.45) is 0 Å². The Bertz CT molecular complexity index is 517. The van der Waals surface area contributed by atoms with Crippen LogP contribution in [0.25, 0.3) is 0 Å². The number of hydrogen-bond acceptors (Lipinski definition) is 4. The topological polar surface area (TPSA) is 69.6 Å². The van der Waals surface area contributed by atoms with Crippen molar-refractivity contribution in [3.63, 3.8) is 0 Å². The molecule has 94 valence electrons. The molecular weight excluding hydrogens is 250 g/mol. The first-order valence-corrected chi connectivity index (χ1v) is 6.37. The minimum atomic E-state index is -0.308. The fourth-order valence-corrected chi connectivity index (χ4v) is 2.29. The van der Waals surface area contributed by atoms with Gasteiger partial charge in [-0.2, -0.15) is 0 Å². The van der Waals surface area contributed by atoms with E-state index in [1.807, 2.05) is 17.5 Å². The summed E-state index contributed by atoms with van der Waals surface area (Å²) >= 11 is 1.64. The van der Waals surface area contributed by atoms with Crippen LogP contribution in [0, 0.1) is 0 Å². The first kappa shape index (κ1) is 12.4. The fraction of sp³-hybridized carbons (Fsp3) is 0.154. The summed E-state index contributed by atoms with van der Waals surface area (Å²) in [4.78, 5) is 13.0. The van der Waals surface area contributed by atoms with Gasteiger partial charge in [-0.05, 0) is 30.0 Å². The predicted octanol–water partition coefficient (Wildman–Crippen LogP) is 2.13. The first-order valence-electron chi connectivity index (χ1n) is 5.49. The first-order chi connectivity index (χ1) is 8.65. The van der Waals surface area contributed by atoms with E-state index < -0.39 is 0 Å². The van der Waals surface area contributed by atoms with Gasteiger partial charge in [0.1, 0.15) is 11.5 Å². The lowest BCUT2D eigenvalue weighted by atomic mass is 10.2. The van der Waals surface area contributed by atoms with Gasteiger partial charge < -0.3 is 15.5 Å². The molecule has 0 saturated carbocycles. The summed E-state index contributed by atoms with van der Waals surface area (Å²) in [7, 11) is 0. The Hall–Kier alpha value is -2.01. The van der Waals surface area contributed by atoms with Crippen LogP contribution in [0.5, 0.6) is 11.5 Å². The molecule has 1 aromatic heterocycles. The third-order valence-electron chi connectivity index (χ3n) is 2.40. The summed E-state index contributed by atoms with van der Waals surface area (Å²) in [6.45, 7) is 0.524. The van der Waals surface area contributed by atoms with Crippen molar-refractivity contribution in [3.8, 4) is 11.5 Å². The molecule has 0 atom stereocenters. The van der Waals surface area contributed by atoms with Crippen molar-refractivity contribution in [2.75, 3.05) is 6.54 Å². The number of phenolic OH excluding ortho intramolecular Hbond substituents is 2. The summed E-state index contributed by atoms with van der Waals surface area (Å²) < 4.78 is 0. The molecule has 2 rings (SSSR count). The van der Waals surface area contributed by atoms with Crippen LogP contribution >= 0.6 is 11.3 Å². The van der Waals surface area contributed by atoms with Crippen molar-refractivity contribution in [1.82, 2.24) is 5.32 Å². The summed E-state index contributed by atoms with van der Waals surface area (Å²) in [5, 5.41) is 23.3. The van der Waals surface area contributed by atoms with Gasteiger partial charge in [-0.3, -0.25) is 4.79 Å². The highest BCUT2D eigenvalue weighted by Crippen LogP contribution is 2.20. The second-order valence-corrected chi connectivity index (χ2v) is 4.86. The molecule has 1 amide bonds. The molecule has 5 heteroatoms. The minimum absolute atomic E-state index is 0.126. The number of carbonyl (C=O) groups excluding carboxylic acids is 1. The van der Waals surface area contributed by atoms with Gasteiger partial charge in [-0.1, -0.05) is 6.07 Å². The maximum absolute atomic E-state index is 11.7. The zero-order valence-electron chi connectivity index (χ0n) is 9.59. The second kappa shape index (κ2) is 5.55. The summed E-state index contributed by atoms with van der Waals surface area (Å²) in [5.74, 6) is -0.561. The lowest BCUT2D eigenvalue weighted by Gasteiger charge is -2.05. The Balaban J connectivity index is 1.91. The average molecular weight is 263 g/mol. The van der Waals surface area contributed by atoms with E-state index >= 15 is 0 Å². The molecule has 1 heterocycles. The van der Waals surface area contributed by atoms with E-state index in [0.717, 1.165) is 6.42 Å². The second-order valence-electron chi connectivity index (χ2n) is 3.82. The Morgan fingerprint density at radius 1 is 1.22 bits per heavy atom. The van der Waals surface area contributed by atoms with E-state index in [1.165, 1.54) is 23.1 Å². The molecular formula is C13H13NO3S. The SMILES string of the molecule is O=C(NCCc1cccs1)c1cc(O)cc(O)c1. The summed E-state index contributed by atoms with van der Waals surface area (Å²) in [6, 6.07) is 7.80. The average Bonchev–Trinajstić information content (AvgIpc) is 2.80. The number of aromatic hydroxyl groups is 2. The van der Waals surface area contributed by atoms with E-state index in [1.54, 1.807) is 11.3 Å². The van der Waals surface area contributed by atoms with Gasteiger partial charge in [0.05, 0.1) is 0 Å². The Labute approximate surface area is 109 Å². The lowest BCUT2D eigenvalue weighted by Crippen LogP contribution is -2.25. The normalized spacial score (nSPS) is 10.2. The number of carbonyl (C=O) groups is 1. The molecule has 0 bridgehead atoms. The van der Waals surface area contributed by atoms with Crippen LogP contribution in [0.1, 0.15) is 15.2 Å². The molecule has 0 unspecified atom stereocenters. The number of phenols is 2. The molecule has 4 nitrogen and oxygen atoms in total. The molecule has 0 aliphatic carbocycles. The quantitative estimate of drug-likeness (QED) is 0.791. The molecule has 0 aliphatic heterocycles. The van der Waals surface area contributed by atoms with Gasteiger partial charge in [-0.15, -0.1) is 11.3 Å². The van der Waals surface area contributed by atoms with Gasteiger partial charge >= 0.3 is 0 Å². The van der Waals surface area contributed by atoms with Crippen LogP contribution in [-0.2, 0) is 6.42 Å². The number of hydrogen-bond donors (Lipinski definition) is 3. The third kappa shape index (κ3) is 3.24. The standard InChI is InChI=1S/C13H13NO3S/c15-10-6-9(7-11(16)8-10)13(17)14-4-3-12-2-1-5-18-12/h1-2,5-8,15-16H,3-4H2,(H,14,17). The zero-order valence-corrected chi connectivity index (χ0v) is 10.4. The van der Waals surface area contributed by atoms with Crippen LogP contribution in [0.4, 0.5) is 0 Å². The molecule has 0 spiro atoms. The number of nitrogens with one attached hydrogen (secondary N) is 1. The van der Waals surface area contributed by atoms with Gasteiger partial charge in [-0.25, -0.2) is 0 Å².